The second kappa shape index (κ2) is 10.0. The molecule has 0 aliphatic carbocycles. The normalized spacial score (nSPS) is 13.2. The predicted molar refractivity (Wildman–Crippen MR) is 55.7 cm³/mol. The topological polar surface area (TPSA) is 18.5 Å². The van der Waals surface area contributed by atoms with Crippen molar-refractivity contribution in [2.24, 2.45) is 0 Å². The fraction of sp³-hybridized carbons (Fsp3) is 0.909. The monoisotopic (exact) mass is 187 g/mol. The number of rotatable bonds is 9. The number of unbranched alkanes of at least 4 members (excludes halogenated alkanes) is 4. The van der Waals surface area contributed by atoms with E-state index in [4.69, 9.17) is 9.47 Å². The zero-order chi connectivity index (χ0) is 9.94. The van der Waals surface area contributed by atoms with E-state index < -0.39 is 0 Å². The van der Waals surface area contributed by atoms with Crippen LogP contribution in [0.4, 0.5) is 0 Å². The smallest absolute Gasteiger partial charge is 0.0805 e. The van der Waals surface area contributed by atoms with Crippen molar-refractivity contribution in [3.63, 3.8) is 0 Å². The van der Waals surface area contributed by atoms with Crippen LogP contribution in [-0.2, 0) is 9.47 Å². The molecule has 0 aromatic rings. The van der Waals surface area contributed by atoms with Gasteiger partial charge in [0, 0.05) is 13.7 Å². The molecule has 0 saturated heterocycles. The molecule has 79 valence electrons. The van der Waals surface area contributed by atoms with Gasteiger partial charge in [0.2, 0.25) is 0 Å². The predicted octanol–water partition coefficient (Wildman–Crippen LogP) is 2.82. The summed E-state index contributed by atoms with van der Waals surface area (Å²) in [5.41, 5.74) is 0. The van der Waals surface area contributed by atoms with Gasteiger partial charge in [0.25, 0.3) is 0 Å². The Bertz CT molecular complexity index is 94.1. The van der Waals surface area contributed by atoms with Crippen molar-refractivity contribution in [3.8, 4) is 0 Å². The maximum absolute atomic E-state index is 5.38. The highest BCUT2D eigenvalue weighted by atomic mass is 16.5. The van der Waals surface area contributed by atoms with Crippen LogP contribution in [0.15, 0.2) is 0 Å². The summed E-state index contributed by atoms with van der Waals surface area (Å²) in [6.45, 7) is 7.44. The average molecular weight is 187 g/mol. The molecular formula is C11H23O2. The fourth-order valence-corrected chi connectivity index (χ4v) is 1.09. The third-order valence-electron chi connectivity index (χ3n) is 2.03. The van der Waals surface area contributed by atoms with Crippen LogP contribution >= 0.6 is 0 Å². The van der Waals surface area contributed by atoms with E-state index in [-0.39, 0.29) is 6.10 Å². The summed E-state index contributed by atoms with van der Waals surface area (Å²) in [7, 11) is 1.66. The number of hydrogen-bond acceptors (Lipinski definition) is 2. The molecule has 0 aromatic heterocycles. The van der Waals surface area contributed by atoms with Gasteiger partial charge in [-0.05, 0) is 13.3 Å². The summed E-state index contributed by atoms with van der Waals surface area (Å²) in [4.78, 5) is 0. The molecule has 1 unspecified atom stereocenters. The van der Waals surface area contributed by atoms with Crippen LogP contribution in [0.5, 0.6) is 0 Å². The van der Waals surface area contributed by atoms with Crippen molar-refractivity contribution >= 4 is 0 Å². The van der Waals surface area contributed by atoms with Gasteiger partial charge in [-0.25, -0.2) is 0 Å². The van der Waals surface area contributed by atoms with Gasteiger partial charge in [0.1, 0.15) is 0 Å². The van der Waals surface area contributed by atoms with Crippen LogP contribution < -0.4 is 0 Å². The molecule has 0 saturated carbocycles. The van der Waals surface area contributed by atoms with Crippen molar-refractivity contribution in [1.82, 2.24) is 0 Å². The molecule has 0 aliphatic rings. The van der Waals surface area contributed by atoms with Crippen LogP contribution in [0.3, 0.4) is 0 Å². The van der Waals surface area contributed by atoms with Crippen molar-refractivity contribution in [1.29, 1.82) is 0 Å². The van der Waals surface area contributed by atoms with Crippen molar-refractivity contribution in [3.05, 3.63) is 6.92 Å². The Morgan fingerprint density at radius 1 is 1.15 bits per heavy atom. The lowest BCUT2D eigenvalue weighted by molar-refractivity contribution is 0.0303. The van der Waals surface area contributed by atoms with Crippen LogP contribution in [0.25, 0.3) is 0 Å². The molecule has 1 atom stereocenters. The average Bonchev–Trinajstić information content (AvgIpc) is 2.16. The van der Waals surface area contributed by atoms with Gasteiger partial charge in [0.15, 0.2) is 0 Å². The van der Waals surface area contributed by atoms with Gasteiger partial charge in [0.05, 0.1) is 12.7 Å². The highest BCUT2D eigenvalue weighted by molar-refractivity contribution is 4.56. The Labute approximate surface area is 82.6 Å². The lowest BCUT2D eigenvalue weighted by Gasteiger charge is -2.09. The lowest BCUT2D eigenvalue weighted by Crippen LogP contribution is -2.14. The van der Waals surface area contributed by atoms with Crippen molar-refractivity contribution in [2.45, 2.75) is 45.1 Å². The van der Waals surface area contributed by atoms with Crippen LogP contribution in [0.2, 0.25) is 0 Å². The Kier molecular flexibility index (Phi) is 9.94. The SMILES string of the molecule is [CH2]C(COCCCCCCC)OC. The van der Waals surface area contributed by atoms with Gasteiger partial charge in [-0.3, -0.25) is 0 Å². The quantitative estimate of drug-likeness (QED) is 0.517. The highest BCUT2D eigenvalue weighted by Gasteiger charge is 1.97. The van der Waals surface area contributed by atoms with E-state index in [1.54, 1.807) is 7.11 Å². The third kappa shape index (κ3) is 9.84. The first-order valence-corrected chi connectivity index (χ1v) is 5.24. The highest BCUT2D eigenvalue weighted by Crippen LogP contribution is 2.02. The molecular weight excluding hydrogens is 164 g/mol. The van der Waals surface area contributed by atoms with E-state index in [0.29, 0.717) is 6.61 Å². The van der Waals surface area contributed by atoms with Crippen LogP contribution in [0.1, 0.15) is 39.0 Å². The minimum Gasteiger partial charge on any atom is -0.379 e. The molecule has 0 fully saturated rings. The Hall–Kier alpha value is -0.0800. The molecule has 0 rings (SSSR count). The number of hydrogen-bond donors (Lipinski definition) is 0. The Balaban J connectivity index is 2.91. The second-order valence-electron chi connectivity index (χ2n) is 3.35. The maximum Gasteiger partial charge on any atom is 0.0805 e. The molecule has 0 aromatic carbocycles. The molecule has 13 heavy (non-hydrogen) atoms. The van der Waals surface area contributed by atoms with Gasteiger partial charge < -0.3 is 9.47 Å². The molecule has 2 nitrogen and oxygen atoms in total. The van der Waals surface area contributed by atoms with E-state index in [0.717, 1.165) is 13.0 Å². The molecule has 0 spiro atoms. The van der Waals surface area contributed by atoms with Crippen LogP contribution in [-0.4, -0.2) is 26.4 Å². The summed E-state index contributed by atoms with van der Waals surface area (Å²) in [5.74, 6) is 0. The van der Waals surface area contributed by atoms with E-state index in [2.05, 4.69) is 13.8 Å². The lowest BCUT2D eigenvalue weighted by atomic mass is 10.2. The molecule has 0 bridgehead atoms. The fourth-order valence-electron chi connectivity index (χ4n) is 1.09. The minimum atomic E-state index is -0.0179. The molecule has 1 radical (unpaired) electrons. The summed E-state index contributed by atoms with van der Waals surface area (Å²) in [6.07, 6.45) is 6.40. The van der Waals surface area contributed by atoms with Crippen molar-refractivity contribution < 1.29 is 9.47 Å². The number of ether oxygens (including phenoxy) is 2. The first kappa shape index (κ1) is 12.9. The molecule has 0 aliphatic heterocycles. The third-order valence-corrected chi connectivity index (χ3v) is 2.03. The summed E-state index contributed by atoms with van der Waals surface area (Å²) in [5, 5.41) is 0. The Morgan fingerprint density at radius 3 is 2.46 bits per heavy atom. The maximum atomic E-state index is 5.38. The zero-order valence-electron chi connectivity index (χ0n) is 9.05. The molecule has 2 heteroatoms. The summed E-state index contributed by atoms with van der Waals surface area (Å²) < 4.78 is 10.3. The summed E-state index contributed by atoms with van der Waals surface area (Å²) >= 11 is 0. The van der Waals surface area contributed by atoms with E-state index in [1.807, 2.05) is 0 Å². The van der Waals surface area contributed by atoms with Gasteiger partial charge in [-0.2, -0.15) is 0 Å². The van der Waals surface area contributed by atoms with Crippen LogP contribution in [0, 0.1) is 6.92 Å². The summed E-state index contributed by atoms with van der Waals surface area (Å²) in [6, 6.07) is 0. The number of methoxy groups -OCH3 is 1. The second-order valence-corrected chi connectivity index (χ2v) is 3.35. The standard InChI is InChI=1S/C11H23O2/c1-4-5-6-7-8-9-13-10-11(2)12-3/h11H,2,4-10H2,1,3H3. The van der Waals surface area contributed by atoms with Gasteiger partial charge in [-0.1, -0.05) is 32.6 Å². The largest absolute Gasteiger partial charge is 0.379 e. The molecule has 0 amide bonds. The van der Waals surface area contributed by atoms with Crippen molar-refractivity contribution in [2.75, 3.05) is 20.3 Å². The zero-order valence-corrected chi connectivity index (χ0v) is 9.05. The minimum absolute atomic E-state index is 0.0179. The first-order valence-electron chi connectivity index (χ1n) is 5.24. The van der Waals surface area contributed by atoms with Gasteiger partial charge >= 0.3 is 0 Å². The first-order chi connectivity index (χ1) is 6.31. The van der Waals surface area contributed by atoms with E-state index in [9.17, 15) is 0 Å². The Morgan fingerprint density at radius 2 is 1.85 bits per heavy atom. The molecule has 0 heterocycles. The van der Waals surface area contributed by atoms with E-state index in [1.165, 1.54) is 25.7 Å². The van der Waals surface area contributed by atoms with Gasteiger partial charge in [-0.15, -0.1) is 0 Å². The molecule has 0 N–H and O–H groups in total. The van der Waals surface area contributed by atoms with E-state index >= 15 is 0 Å².